The summed E-state index contributed by atoms with van der Waals surface area (Å²) in [6.45, 7) is 3.09. The number of piperidine rings is 1. The lowest BCUT2D eigenvalue weighted by Crippen LogP contribution is -2.40. The summed E-state index contributed by atoms with van der Waals surface area (Å²) < 4.78 is 0. The number of hydrogen-bond acceptors (Lipinski definition) is 3. The Balaban J connectivity index is 1.51. The number of rotatable bonds is 7. The van der Waals surface area contributed by atoms with Crippen LogP contribution in [-0.2, 0) is 11.2 Å². The van der Waals surface area contributed by atoms with Crippen LogP contribution in [-0.4, -0.2) is 37.0 Å². The highest BCUT2D eigenvalue weighted by Gasteiger charge is 2.23. The highest BCUT2D eigenvalue weighted by atomic mass is 16.1. The second-order valence-corrected chi connectivity index (χ2v) is 7.88. The average molecular weight is 354 g/mol. The van der Waals surface area contributed by atoms with Gasteiger partial charge in [-0.25, -0.2) is 0 Å². The third-order valence-corrected chi connectivity index (χ3v) is 6.08. The van der Waals surface area contributed by atoms with Crippen molar-refractivity contribution in [1.29, 1.82) is 5.26 Å². The largest absolute Gasteiger partial charge is 0.371 e. The summed E-state index contributed by atoms with van der Waals surface area (Å²) >= 11 is 0. The van der Waals surface area contributed by atoms with E-state index in [9.17, 15) is 4.79 Å². The van der Waals surface area contributed by atoms with Gasteiger partial charge in [0.2, 0.25) is 6.41 Å². The van der Waals surface area contributed by atoms with Crippen molar-refractivity contribution in [3.63, 3.8) is 0 Å². The number of carbonyl (C=O) groups excluding carboxylic acids is 1. The van der Waals surface area contributed by atoms with Gasteiger partial charge in [-0.2, -0.15) is 5.26 Å². The lowest BCUT2D eigenvalue weighted by atomic mass is 9.92. The minimum Gasteiger partial charge on any atom is -0.371 e. The molecule has 1 aliphatic carbocycles. The molecule has 3 rings (SSSR count). The number of amides is 1. The van der Waals surface area contributed by atoms with Gasteiger partial charge in [0.15, 0.2) is 0 Å². The summed E-state index contributed by atoms with van der Waals surface area (Å²) in [5, 5.41) is 8.80. The Kier molecular flexibility index (Phi) is 6.94. The molecule has 2 aliphatic rings. The molecule has 2 fully saturated rings. The van der Waals surface area contributed by atoms with Crippen molar-refractivity contribution in [3.8, 4) is 6.07 Å². The fourth-order valence-electron chi connectivity index (χ4n) is 4.52. The molecule has 1 amide bonds. The van der Waals surface area contributed by atoms with E-state index < -0.39 is 0 Å². The van der Waals surface area contributed by atoms with Gasteiger partial charge in [0.05, 0.1) is 12.5 Å². The number of nitrogens with zero attached hydrogens (tertiary/aromatic N) is 3. The Labute approximate surface area is 157 Å². The smallest absolute Gasteiger partial charge is 0.209 e. The fourth-order valence-corrected chi connectivity index (χ4v) is 4.52. The molecule has 1 heterocycles. The van der Waals surface area contributed by atoms with Gasteiger partial charge in [0.1, 0.15) is 0 Å². The fraction of sp³-hybridized carbons (Fsp3) is 0.636. The van der Waals surface area contributed by atoms with Crippen LogP contribution in [0, 0.1) is 17.2 Å². The standard InChI is InChI=1S/C22H31N3O/c23-14-12-19-8-10-22(11-9-19)24-15-4-5-20(17-24)13-16-25(18-26)21-6-2-1-3-7-21/h8-11,18,20-21H,1-7,12-13,15-17H2. The minimum atomic E-state index is 0.478. The topological polar surface area (TPSA) is 47.3 Å². The normalized spacial score (nSPS) is 21.2. The maximum absolute atomic E-state index is 11.5. The first-order valence-corrected chi connectivity index (χ1v) is 10.2. The van der Waals surface area contributed by atoms with Crippen molar-refractivity contribution < 1.29 is 4.79 Å². The van der Waals surface area contributed by atoms with E-state index in [4.69, 9.17) is 5.26 Å². The zero-order chi connectivity index (χ0) is 18.2. The van der Waals surface area contributed by atoms with Crippen molar-refractivity contribution in [2.75, 3.05) is 24.5 Å². The van der Waals surface area contributed by atoms with E-state index >= 15 is 0 Å². The van der Waals surface area contributed by atoms with Crippen LogP contribution in [0.2, 0.25) is 0 Å². The molecule has 1 saturated heterocycles. The SMILES string of the molecule is N#CCc1ccc(N2CCCC(CCN(C=O)C3CCCCC3)C2)cc1. The average Bonchev–Trinajstić information content (AvgIpc) is 2.70. The molecule has 26 heavy (non-hydrogen) atoms. The van der Waals surface area contributed by atoms with Gasteiger partial charge in [-0.3, -0.25) is 4.79 Å². The van der Waals surface area contributed by atoms with Crippen LogP contribution in [0.25, 0.3) is 0 Å². The van der Waals surface area contributed by atoms with Gasteiger partial charge >= 0.3 is 0 Å². The summed E-state index contributed by atoms with van der Waals surface area (Å²) in [6, 6.07) is 11.1. The Bertz CT molecular complexity index is 601. The first-order chi connectivity index (χ1) is 12.8. The van der Waals surface area contributed by atoms with Gasteiger partial charge in [0.25, 0.3) is 0 Å². The van der Waals surface area contributed by atoms with Crippen molar-refractivity contribution in [2.24, 2.45) is 5.92 Å². The zero-order valence-electron chi connectivity index (χ0n) is 15.8. The number of hydrogen-bond donors (Lipinski definition) is 0. The first kappa shape index (κ1) is 18.8. The second kappa shape index (κ2) is 9.62. The monoisotopic (exact) mass is 353 g/mol. The lowest BCUT2D eigenvalue weighted by molar-refractivity contribution is -0.121. The van der Waals surface area contributed by atoms with E-state index in [0.717, 1.165) is 38.0 Å². The van der Waals surface area contributed by atoms with Crippen molar-refractivity contribution in [3.05, 3.63) is 29.8 Å². The van der Waals surface area contributed by atoms with Gasteiger partial charge < -0.3 is 9.80 Å². The third kappa shape index (κ3) is 5.00. The molecule has 0 aromatic heterocycles. The van der Waals surface area contributed by atoms with Gasteiger partial charge in [-0.1, -0.05) is 31.4 Å². The second-order valence-electron chi connectivity index (χ2n) is 7.88. The zero-order valence-corrected chi connectivity index (χ0v) is 15.8. The van der Waals surface area contributed by atoms with Crippen LogP contribution in [0.15, 0.2) is 24.3 Å². The summed E-state index contributed by atoms with van der Waals surface area (Å²) in [7, 11) is 0. The van der Waals surface area contributed by atoms with Gasteiger partial charge in [-0.15, -0.1) is 0 Å². The van der Waals surface area contributed by atoms with Crippen LogP contribution < -0.4 is 4.90 Å². The summed E-state index contributed by atoms with van der Waals surface area (Å²) in [6.07, 6.45) is 11.4. The molecule has 140 valence electrons. The van der Waals surface area contributed by atoms with Crippen molar-refractivity contribution in [2.45, 2.75) is 63.8 Å². The minimum absolute atomic E-state index is 0.478. The molecule has 1 unspecified atom stereocenters. The van der Waals surface area contributed by atoms with E-state index in [1.54, 1.807) is 0 Å². The first-order valence-electron chi connectivity index (χ1n) is 10.2. The highest BCUT2D eigenvalue weighted by molar-refractivity contribution is 5.49. The predicted molar refractivity (Wildman–Crippen MR) is 105 cm³/mol. The molecular formula is C22H31N3O. The Morgan fingerprint density at radius 3 is 2.58 bits per heavy atom. The maximum atomic E-state index is 11.5. The van der Waals surface area contributed by atoms with Crippen LogP contribution in [0.3, 0.4) is 0 Å². The number of nitriles is 1. The van der Waals surface area contributed by atoms with Gasteiger partial charge in [0, 0.05) is 31.4 Å². The van der Waals surface area contributed by atoms with E-state index in [0.29, 0.717) is 18.4 Å². The van der Waals surface area contributed by atoms with E-state index in [-0.39, 0.29) is 0 Å². The molecule has 0 radical (unpaired) electrons. The third-order valence-electron chi connectivity index (χ3n) is 6.08. The molecule has 4 heteroatoms. The van der Waals surface area contributed by atoms with Crippen LogP contribution in [0.4, 0.5) is 5.69 Å². The summed E-state index contributed by atoms with van der Waals surface area (Å²) in [4.78, 5) is 16.1. The number of carbonyl (C=O) groups is 1. The molecule has 1 aromatic rings. The summed E-state index contributed by atoms with van der Waals surface area (Å²) in [5.74, 6) is 0.661. The van der Waals surface area contributed by atoms with E-state index in [1.807, 2.05) is 0 Å². The Morgan fingerprint density at radius 1 is 1.12 bits per heavy atom. The Morgan fingerprint density at radius 2 is 1.88 bits per heavy atom. The lowest BCUT2D eigenvalue weighted by Gasteiger charge is -2.37. The molecular weight excluding hydrogens is 322 g/mol. The van der Waals surface area contributed by atoms with E-state index in [1.165, 1.54) is 50.6 Å². The molecule has 1 atom stereocenters. The predicted octanol–water partition coefficient (Wildman–Crippen LogP) is 4.15. The van der Waals surface area contributed by atoms with E-state index in [2.05, 4.69) is 40.1 Å². The molecule has 1 aromatic carbocycles. The van der Waals surface area contributed by atoms with Crippen LogP contribution in [0.5, 0.6) is 0 Å². The van der Waals surface area contributed by atoms with Crippen molar-refractivity contribution in [1.82, 2.24) is 4.90 Å². The number of benzene rings is 1. The molecule has 1 saturated carbocycles. The quantitative estimate of drug-likeness (QED) is 0.692. The van der Waals surface area contributed by atoms with Crippen LogP contribution >= 0.6 is 0 Å². The maximum Gasteiger partial charge on any atom is 0.209 e. The molecule has 0 spiro atoms. The van der Waals surface area contributed by atoms with Crippen molar-refractivity contribution >= 4 is 12.1 Å². The highest BCUT2D eigenvalue weighted by Crippen LogP contribution is 2.27. The molecule has 4 nitrogen and oxygen atoms in total. The Hall–Kier alpha value is -2.02. The molecule has 1 aliphatic heterocycles. The van der Waals surface area contributed by atoms with Gasteiger partial charge in [-0.05, 0) is 55.7 Å². The summed E-state index contributed by atoms with van der Waals surface area (Å²) in [5.41, 5.74) is 2.34. The van der Waals surface area contributed by atoms with Crippen LogP contribution in [0.1, 0.15) is 56.9 Å². The number of anilines is 1. The molecule has 0 N–H and O–H groups in total. The molecule has 0 bridgehead atoms.